The van der Waals surface area contributed by atoms with Crippen molar-refractivity contribution < 1.29 is 4.92 Å². The molecule has 1 atom stereocenters. The molecule has 88 valence electrons. The van der Waals surface area contributed by atoms with Crippen LogP contribution in [0.25, 0.3) is 0 Å². The van der Waals surface area contributed by atoms with Crippen molar-refractivity contribution in [3.05, 3.63) is 34.4 Å². The highest BCUT2D eigenvalue weighted by atomic mass is 32.2. The lowest BCUT2D eigenvalue weighted by atomic mass is 10.1. The smallest absolute Gasteiger partial charge is 0.282 e. The van der Waals surface area contributed by atoms with Crippen LogP contribution in [0, 0.1) is 16.0 Å². The van der Waals surface area contributed by atoms with Crippen molar-refractivity contribution in [1.29, 1.82) is 0 Å². The van der Waals surface area contributed by atoms with Crippen molar-refractivity contribution in [2.75, 3.05) is 5.75 Å². The zero-order valence-electron chi connectivity index (χ0n) is 9.42. The van der Waals surface area contributed by atoms with E-state index in [1.807, 2.05) is 13.8 Å². The molecule has 16 heavy (non-hydrogen) atoms. The molecule has 0 aliphatic heterocycles. The van der Waals surface area contributed by atoms with Gasteiger partial charge in [-0.2, -0.15) is 0 Å². The highest BCUT2D eigenvalue weighted by molar-refractivity contribution is 7.99. The molecule has 0 saturated heterocycles. The van der Waals surface area contributed by atoms with Gasteiger partial charge >= 0.3 is 0 Å². The molecule has 0 bridgehead atoms. The third-order valence-corrected chi connectivity index (χ3v) is 3.56. The van der Waals surface area contributed by atoms with E-state index in [1.165, 1.54) is 17.8 Å². The lowest BCUT2D eigenvalue weighted by Gasteiger charge is -2.14. The molecule has 0 heterocycles. The molecule has 2 N–H and O–H groups in total. The monoisotopic (exact) mass is 240 g/mol. The minimum absolute atomic E-state index is 0.0600. The van der Waals surface area contributed by atoms with Crippen LogP contribution < -0.4 is 5.73 Å². The largest absolute Gasteiger partial charge is 0.327 e. The fourth-order valence-electron chi connectivity index (χ4n) is 1.11. The van der Waals surface area contributed by atoms with E-state index in [4.69, 9.17) is 5.73 Å². The maximum absolute atomic E-state index is 10.8. The third-order valence-electron chi connectivity index (χ3n) is 2.35. The molecular formula is C11H16N2O2S. The molecule has 1 unspecified atom stereocenters. The Morgan fingerprint density at radius 3 is 2.62 bits per heavy atom. The average Bonchev–Trinajstić information content (AvgIpc) is 2.25. The Morgan fingerprint density at radius 1 is 1.44 bits per heavy atom. The van der Waals surface area contributed by atoms with Gasteiger partial charge in [0.15, 0.2) is 0 Å². The normalized spacial score (nSPS) is 12.8. The Hall–Kier alpha value is -1.07. The third kappa shape index (κ3) is 3.50. The van der Waals surface area contributed by atoms with Gasteiger partial charge in [0.05, 0.1) is 9.82 Å². The summed E-state index contributed by atoms with van der Waals surface area (Å²) in [6, 6.07) is 6.81. The van der Waals surface area contributed by atoms with Crippen LogP contribution in [-0.4, -0.2) is 16.7 Å². The second kappa shape index (κ2) is 5.86. The summed E-state index contributed by atoms with van der Waals surface area (Å²) >= 11 is 1.45. The van der Waals surface area contributed by atoms with Crippen LogP contribution in [-0.2, 0) is 0 Å². The second-order valence-electron chi connectivity index (χ2n) is 3.94. The van der Waals surface area contributed by atoms with Gasteiger partial charge in [-0.25, -0.2) is 0 Å². The second-order valence-corrected chi connectivity index (χ2v) is 5.01. The Morgan fingerprint density at radius 2 is 2.06 bits per heavy atom. The zero-order chi connectivity index (χ0) is 12.1. The molecule has 1 aromatic carbocycles. The number of benzene rings is 1. The summed E-state index contributed by atoms with van der Waals surface area (Å²) in [4.78, 5) is 11.1. The van der Waals surface area contributed by atoms with Gasteiger partial charge in [-0.3, -0.25) is 10.1 Å². The molecule has 0 saturated carbocycles. The number of thioether (sulfide) groups is 1. The van der Waals surface area contributed by atoms with Crippen molar-refractivity contribution in [2.24, 2.45) is 11.7 Å². The first-order valence-electron chi connectivity index (χ1n) is 5.14. The molecule has 0 spiro atoms. The number of nitro groups is 1. The molecule has 0 aromatic heterocycles. The number of hydrogen-bond acceptors (Lipinski definition) is 4. The van der Waals surface area contributed by atoms with Crippen molar-refractivity contribution in [2.45, 2.75) is 24.8 Å². The molecule has 0 amide bonds. The minimum Gasteiger partial charge on any atom is -0.327 e. The fourth-order valence-corrected chi connectivity index (χ4v) is 2.33. The first-order chi connectivity index (χ1) is 7.52. The fraction of sp³-hybridized carbons (Fsp3) is 0.455. The molecule has 0 radical (unpaired) electrons. The number of para-hydroxylation sites is 1. The van der Waals surface area contributed by atoms with Crippen molar-refractivity contribution in [1.82, 2.24) is 0 Å². The van der Waals surface area contributed by atoms with E-state index in [2.05, 4.69) is 0 Å². The van der Waals surface area contributed by atoms with Crippen LogP contribution in [0.15, 0.2) is 29.2 Å². The van der Waals surface area contributed by atoms with E-state index in [-0.39, 0.29) is 16.7 Å². The summed E-state index contributed by atoms with van der Waals surface area (Å²) in [5.74, 6) is 1.08. The molecule has 4 nitrogen and oxygen atoms in total. The number of nitrogens with two attached hydrogens (primary N) is 1. The standard InChI is InChI=1S/C11H16N2O2S/c1-8(2)9(12)7-16-11-6-4-3-5-10(11)13(14)15/h3-6,8-9H,7,12H2,1-2H3. The predicted molar refractivity (Wildman–Crippen MR) is 66.6 cm³/mol. The van der Waals surface area contributed by atoms with Gasteiger partial charge in [0.2, 0.25) is 0 Å². The summed E-state index contributed by atoms with van der Waals surface area (Å²) in [6.45, 7) is 4.09. The Kier molecular flexibility index (Phi) is 4.76. The average molecular weight is 240 g/mol. The predicted octanol–water partition coefficient (Wildman–Crippen LogP) is 2.67. The first kappa shape index (κ1) is 13.0. The molecule has 0 fully saturated rings. The lowest BCUT2D eigenvalue weighted by molar-refractivity contribution is -0.387. The van der Waals surface area contributed by atoms with Gasteiger partial charge in [-0.1, -0.05) is 26.0 Å². The van der Waals surface area contributed by atoms with Crippen molar-refractivity contribution >= 4 is 17.4 Å². The molecule has 0 aliphatic rings. The molecular weight excluding hydrogens is 224 g/mol. The van der Waals surface area contributed by atoms with Gasteiger partial charge in [0.1, 0.15) is 0 Å². The highest BCUT2D eigenvalue weighted by Crippen LogP contribution is 2.29. The zero-order valence-corrected chi connectivity index (χ0v) is 10.2. The van der Waals surface area contributed by atoms with Crippen LogP contribution in [0.5, 0.6) is 0 Å². The minimum atomic E-state index is -0.358. The molecule has 0 aliphatic carbocycles. The van der Waals surface area contributed by atoms with Gasteiger partial charge in [0, 0.05) is 17.9 Å². The van der Waals surface area contributed by atoms with E-state index >= 15 is 0 Å². The molecule has 1 aromatic rings. The Balaban J connectivity index is 2.70. The van der Waals surface area contributed by atoms with Crippen LogP contribution in [0.4, 0.5) is 5.69 Å². The summed E-state index contributed by atoms with van der Waals surface area (Å²) < 4.78 is 0. The number of nitro benzene ring substituents is 1. The summed E-state index contributed by atoms with van der Waals surface area (Å²) in [5.41, 5.74) is 6.06. The van der Waals surface area contributed by atoms with Gasteiger partial charge in [0.25, 0.3) is 5.69 Å². The van der Waals surface area contributed by atoms with Crippen LogP contribution >= 0.6 is 11.8 Å². The maximum Gasteiger partial charge on any atom is 0.282 e. The summed E-state index contributed by atoms with van der Waals surface area (Å²) in [5, 5.41) is 10.8. The van der Waals surface area contributed by atoms with Gasteiger partial charge < -0.3 is 5.73 Å². The highest BCUT2D eigenvalue weighted by Gasteiger charge is 2.15. The Labute approximate surface area is 99.4 Å². The lowest BCUT2D eigenvalue weighted by Crippen LogP contribution is -2.28. The van der Waals surface area contributed by atoms with Crippen LogP contribution in [0.2, 0.25) is 0 Å². The number of rotatable bonds is 5. The maximum atomic E-state index is 10.8. The van der Waals surface area contributed by atoms with Crippen LogP contribution in [0.3, 0.4) is 0 Å². The van der Waals surface area contributed by atoms with Crippen LogP contribution in [0.1, 0.15) is 13.8 Å². The van der Waals surface area contributed by atoms with Gasteiger partial charge in [-0.05, 0) is 12.0 Å². The topological polar surface area (TPSA) is 69.2 Å². The number of nitrogens with zero attached hydrogens (tertiary/aromatic N) is 1. The first-order valence-corrected chi connectivity index (χ1v) is 6.12. The van der Waals surface area contributed by atoms with E-state index in [1.54, 1.807) is 18.2 Å². The van der Waals surface area contributed by atoms with Crippen molar-refractivity contribution in [3.8, 4) is 0 Å². The van der Waals surface area contributed by atoms with E-state index in [0.717, 1.165) is 0 Å². The SMILES string of the molecule is CC(C)C(N)CSc1ccccc1[N+](=O)[O-]. The summed E-state index contributed by atoms with van der Waals surface area (Å²) in [6.07, 6.45) is 0. The van der Waals surface area contributed by atoms with Gasteiger partial charge in [-0.15, -0.1) is 11.8 Å². The van der Waals surface area contributed by atoms with E-state index in [9.17, 15) is 10.1 Å². The quantitative estimate of drug-likeness (QED) is 0.488. The molecule has 1 rings (SSSR count). The van der Waals surface area contributed by atoms with E-state index < -0.39 is 0 Å². The number of hydrogen-bond donors (Lipinski definition) is 1. The summed E-state index contributed by atoms with van der Waals surface area (Å²) in [7, 11) is 0. The van der Waals surface area contributed by atoms with E-state index in [0.29, 0.717) is 16.6 Å². The van der Waals surface area contributed by atoms with Crippen molar-refractivity contribution in [3.63, 3.8) is 0 Å². The Bertz CT molecular complexity index is 369. The molecule has 5 heteroatoms.